The standard InChI is InChI=1S/C16H22N2O3/c1-11-8-18(9-12(2)21-11)10-16(20)17-15-7-5-4-6-14(15)13(3)19/h4-7,11-12H,8-10H2,1-3H3,(H,17,20)/t11-,12-/m0/s1. The van der Waals surface area contributed by atoms with Crippen LogP contribution in [-0.4, -0.2) is 48.4 Å². The molecule has 1 aromatic rings. The van der Waals surface area contributed by atoms with E-state index in [0.717, 1.165) is 13.1 Å². The van der Waals surface area contributed by atoms with E-state index in [2.05, 4.69) is 10.2 Å². The van der Waals surface area contributed by atoms with Crippen molar-refractivity contribution in [2.75, 3.05) is 25.0 Å². The van der Waals surface area contributed by atoms with E-state index in [4.69, 9.17) is 4.74 Å². The first-order chi connectivity index (χ1) is 9.95. The van der Waals surface area contributed by atoms with Gasteiger partial charge >= 0.3 is 0 Å². The van der Waals surface area contributed by atoms with Gasteiger partial charge in [-0.25, -0.2) is 0 Å². The Morgan fingerprint density at radius 2 is 1.86 bits per heavy atom. The fourth-order valence-electron chi connectivity index (χ4n) is 2.71. The second-order valence-electron chi connectivity index (χ2n) is 5.60. The number of nitrogens with zero attached hydrogens (tertiary/aromatic N) is 1. The molecule has 5 nitrogen and oxygen atoms in total. The van der Waals surface area contributed by atoms with Crippen LogP contribution < -0.4 is 5.32 Å². The van der Waals surface area contributed by atoms with Gasteiger partial charge in [0.15, 0.2) is 5.78 Å². The lowest BCUT2D eigenvalue weighted by Crippen LogP contribution is -2.48. The number of morpholine rings is 1. The van der Waals surface area contributed by atoms with Gasteiger partial charge in [0.25, 0.3) is 0 Å². The van der Waals surface area contributed by atoms with Crippen LogP contribution in [0.25, 0.3) is 0 Å². The van der Waals surface area contributed by atoms with Crippen LogP contribution in [0.5, 0.6) is 0 Å². The normalized spacial score (nSPS) is 22.8. The van der Waals surface area contributed by atoms with Crippen LogP contribution in [0, 0.1) is 0 Å². The molecule has 2 atom stereocenters. The Hall–Kier alpha value is -1.72. The molecule has 1 fully saturated rings. The summed E-state index contributed by atoms with van der Waals surface area (Å²) in [5.41, 5.74) is 1.11. The van der Waals surface area contributed by atoms with Crippen molar-refractivity contribution in [1.29, 1.82) is 0 Å². The minimum Gasteiger partial charge on any atom is -0.373 e. The summed E-state index contributed by atoms with van der Waals surface area (Å²) in [4.78, 5) is 25.8. The Labute approximate surface area is 125 Å². The van der Waals surface area contributed by atoms with E-state index in [0.29, 0.717) is 17.8 Å². The average Bonchev–Trinajstić information content (AvgIpc) is 2.37. The van der Waals surface area contributed by atoms with E-state index in [1.165, 1.54) is 6.92 Å². The van der Waals surface area contributed by atoms with Gasteiger partial charge < -0.3 is 10.1 Å². The van der Waals surface area contributed by atoms with Gasteiger partial charge in [-0.3, -0.25) is 14.5 Å². The number of hydrogen-bond donors (Lipinski definition) is 1. The average molecular weight is 290 g/mol. The Bertz CT molecular complexity index is 520. The minimum atomic E-state index is -0.106. The van der Waals surface area contributed by atoms with E-state index in [1.807, 2.05) is 13.8 Å². The van der Waals surface area contributed by atoms with Gasteiger partial charge in [0.05, 0.1) is 24.4 Å². The van der Waals surface area contributed by atoms with Gasteiger partial charge in [-0.15, -0.1) is 0 Å². The zero-order valence-electron chi connectivity index (χ0n) is 12.8. The van der Waals surface area contributed by atoms with Crippen molar-refractivity contribution >= 4 is 17.4 Å². The molecular formula is C16H22N2O3. The molecule has 5 heteroatoms. The molecule has 0 bridgehead atoms. The highest BCUT2D eigenvalue weighted by Crippen LogP contribution is 2.16. The molecule has 21 heavy (non-hydrogen) atoms. The highest BCUT2D eigenvalue weighted by atomic mass is 16.5. The predicted octanol–water partition coefficient (Wildman–Crippen LogP) is 1.94. The third-order valence-corrected chi connectivity index (χ3v) is 3.44. The number of amides is 1. The summed E-state index contributed by atoms with van der Waals surface area (Å²) in [5.74, 6) is -0.162. The number of hydrogen-bond acceptors (Lipinski definition) is 4. The summed E-state index contributed by atoms with van der Waals surface area (Å²) >= 11 is 0. The Balaban J connectivity index is 1.97. The van der Waals surface area contributed by atoms with Crippen molar-refractivity contribution in [2.45, 2.75) is 33.0 Å². The number of rotatable bonds is 4. The number of carbonyl (C=O) groups excluding carboxylic acids is 2. The summed E-state index contributed by atoms with van der Waals surface area (Å²) in [6.45, 7) is 7.30. The van der Waals surface area contributed by atoms with Crippen molar-refractivity contribution in [3.05, 3.63) is 29.8 Å². The smallest absolute Gasteiger partial charge is 0.238 e. The minimum absolute atomic E-state index is 0.0560. The number of ether oxygens (including phenoxy) is 1. The fourth-order valence-corrected chi connectivity index (χ4v) is 2.71. The molecule has 0 spiro atoms. The molecule has 0 aromatic heterocycles. The second-order valence-corrected chi connectivity index (χ2v) is 5.60. The fraction of sp³-hybridized carbons (Fsp3) is 0.500. The monoisotopic (exact) mass is 290 g/mol. The number of benzene rings is 1. The summed E-state index contributed by atoms with van der Waals surface area (Å²) in [6, 6.07) is 7.06. The lowest BCUT2D eigenvalue weighted by atomic mass is 10.1. The molecule has 1 N–H and O–H groups in total. The first-order valence-electron chi connectivity index (χ1n) is 7.23. The Morgan fingerprint density at radius 1 is 1.24 bits per heavy atom. The molecule has 0 aliphatic carbocycles. The van der Waals surface area contributed by atoms with Crippen LogP contribution in [-0.2, 0) is 9.53 Å². The number of para-hydroxylation sites is 1. The third-order valence-electron chi connectivity index (χ3n) is 3.44. The lowest BCUT2D eigenvalue weighted by molar-refractivity contribution is -0.121. The number of Topliss-reactive ketones (excluding diaryl/α,β-unsaturated/α-hetero) is 1. The van der Waals surface area contributed by atoms with Crippen LogP contribution in [0.1, 0.15) is 31.1 Å². The molecule has 0 radical (unpaired) electrons. The predicted molar refractivity (Wildman–Crippen MR) is 81.5 cm³/mol. The van der Waals surface area contributed by atoms with E-state index < -0.39 is 0 Å². The van der Waals surface area contributed by atoms with Gasteiger partial charge in [0.2, 0.25) is 5.91 Å². The number of anilines is 1. The van der Waals surface area contributed by atoms with E-state index in [9.17, 15) is 9.59 Å². The lowest BCUT2D eigenvalue weighted by Gasteiger charge is -2.34. The summed E-state index contributed by atoms with van der Waals surface area (Å²) in [6.07, 6.45) is 0.261. The maximum Gasteiger partial charge on any atom is 0.238 e. The number of nitrogens with one attached hydrogen (secondary N) is 1. The van der Waals surface area contributed by atoms with E-state index in [-0.39, 0.29) is 23.9 Å². The molecule has 1 heterocycles. The number of carbonyl (C=O) groups is 2. The van der Waals surface area contributed by atoms with Crippen molar-refractivity contribution < 1.29 is 14.3 Å². The maximum absolute atomic E-state index is 12.2. The first-order valence-corrected chi connectivity index (χ1v) is 7.23. The van der Waals surface area contributed by atoms with Crippen LogP contribution in [0.3, 0.4) is 0 Å². The quantitative estimate of drug-likeness (QED) is 0.861. The SMILES string of the molecule is CC(=O)c1ccccc1NC(=O)CN1C[C@H](C)O[C@@H](C)C1. The molecule has 0 saturated carbocycles. The largest absolute Gasteiger partial charge is 0.373 e. The molecule has 2 rings (SSSR count). The van der Waals surface area contributed by atoms with Gasteiger partial charge in [-0.05, 0) is 32.9 Å². The Morgan fingerprint density at radius 3 is 2.48 bits per heavy atom. The first kappa shape index (κ1) is 15.7. The van der Waals surface area contributed by atoms with Crippen molar-refractivity contribution in [2.24, 2.45) is 0 Å². The molecule has 1 saturated heterocycles. The van der Waals surface area contributed by atoms with Crippen LogP contribution in [0.2, 0.25) is 0 Å². The molecule has 0 unspecified atom stereocenters. The highest BCUT2D eigenvalue weighted by Gasteiger charge is 2.23. The van der Waals surface area contributed by atoms with Gasteiger partial charge in [-0.1, -0.05) is 12.1 Å². The van der Waals surface area contributed by atoms with Crippen molar-refractivity contribution in [3.63, 3.8) is 0 Å². The summed E-state index contributed by atoms with van der Waals surface area (Å²) in [5, 5.41) is 2.83. The van der Waals surface area contributed by atoms with Crippen LogP contribution >= 0.6 is 0 Å². The maximum atomic E-state index is 12.2. The zero-order valence-corrected chi connectivity index (χ0v) is 12.8. The van der Waals surface area contributed by atoms with E-state index in [1.54, 1.807) is 24.3 Å². The zero-order chi connectivity index (χ0) is 15.4. The van der Waals surface area contributed by atoms with E-state index >= 15 is 0 Å². The highest BCUT2D eigenvalue weighted by molar-refractivity contribution is 6.04. The molecule has 1 aromatic carbocycles. The van der Waals surface area contributed by atoms with Gasteiger partial charge in [0.1, 0.15) is 0 Å². The summed E-state index contributed by atoms with van der Waals surface area (Å²) < 4.78 is 5.65. The topological polar surface area (TPSA) is 58.6 Å². The van der Waals surface area contributed by atoms with Crippen molar-refractivity contribution in [3.8, 4) is 0 Å². The molecular weight excluding hydrogens is 268 g/mol. The Kier molecular flexibility index (Phi) is 5.09. The second kappa shape index (κ2) is 6.83. The van der Waals surface area contributed by atoms with Gasteiger partial charge in [0, 0.05) is 18.7 Å². The summed E-state index contributed by atoms with van der Waals surface area (Å²) in [7, 11) is 0. The van der Waals surface area contributed by atoms with Crippen LogP contribution in [0.4, 0.5) is 5.69 Å². The van der Waals surface area contributed by atoms with Gasteiger partial charge in [-0.2, -0.15) is 0 Å². The molecule has 1 amide bonds. The third kappa shape index (κ3) is 4.37. The van der Waals surface area contributed by atoms with Crippen LogP contribution in [0.15, 0.2) is 24.3 Å². The molecule has 1 aliphatic heterocycles. The van der Waals surface area contributed by atoms with Crippen molar-refractivity contribution in [1.82, 2.24) is 4.90 Å². The molecule has 114 valence electrons. The number of ketones is 1. The molecule has 1 aliphatic rings.